The van der Waals surface area contributed by atoms with E-state index in [4.69, 9.17) is 4.74 Å². The van der Waals surface area contributed by atoms with E-state index >= 15 is 0 Å². The van der Waals surface area contributed by atoms with Crippen LogP contribution in [0.5, 0.6) is 0 Å². The first-order valence-electron chi connectivity index (χ1n) is 2.84. The summed E-state index contributed by atoms with van der Waals surface area (Å²) < 4.78 is 5.03. The molecule has 0 amide bonds. The van der Waals surface area contributed by atoms with Gasteiger partial charge in [-0.1, -0.05) is 0 Å². The molecule has 2 rings (SSSR count). The molecule has 9 heavy (non-hydrogen) atoms. The fourth-order valence-corrected chi connectivity index (χ4v) is 0.895. The Morgan fingerprint density at radius 3 is 3.56 bits per heavy atom. The van der Waals surface area contributed by atoms with E-state index in [1.54, 1.807) is 6.26 Å². The van der Waals surface area contributed by atoms with Crippen LogP contribution in [0.4, 0.5) is 0 Å². The van der Waals surface area contributed by atoms with Crippen LogP contribution >= 0.6 is 0 Å². The van der Waals surface area contributed by atoms with Crippen molar-refractivity contribution in [3.63, 3.8) is 0 Å². The van der Waals surface area contributed by atoms with E-state index in [1.807, 2.05) is 18.7 Å². The second kappa shape index (κ2) is 1.70. The van der Waals surface area contributed by atoms with Gasteiger partial charge in [-0.2, -0.15) is 0 Å². The molecule has 0 aromatic carbocycles. The number of hydrogen-bond acceptors (Lipinski definition) is 2. The van der Waals surface area contributed by atoms with Crippen molar-refractivity contribution in [1.29, 1.82) is 0 Å². The molecule has 0 bridgehead atoms. The number of aliphatic imine (C=N–C) groups is 1. The van der Waals surface area contributed by atoms with Crippen molar-refractivity contribution < 1.29 is 9.64 Å². The molecule has 1 atom stereocenters. The van der Waals surface area contributed by atoms with Crippen molar-refractivity contribution in [2.45, 2.75) is 0 Å². The number of nitrogens with zero attached hydrogens (tertiary/aromatic N) is 1. The fourth-order valence-electron chi connectivity index (χ4n) is 0.895. The molecule has 3 nitrogen and oxygen atoms in total. The Hall–Kier alpha value is -1.09. The summed E-state index contributed by atoms with van der Waals surface area (Å²) in [5, 5.41) is 0. The van der Waals surface area contributed by atoms with Gasteiger partial charge in [0.25, 0.3) is 0 Å². The highest BCUT2D eigenvalue weighted by Crippen LogP contribution is 1.94. The summed E-state index contributed by atoms with van der Waals surface area (Å²) in [7, 11) is 0. The molecule has 1 unspecified atom stereocenters. The summed E-state index contributed by atoms with van der Waals surface area (Å²) in [5.41, 5.74) is 1.18. The zero-order valence-electron chi connectivity index (χ0n) is 4.87. The molecule has 0 fully saturated rings. The van der Waals surface area contributed by atoms with Crippen molar-refractivity contribution in [3.8, 4) is 0 Å². The monoisotopic (exact) mass is 123 g/mol. The van der Waals surface area contributed by atoms with E-state index in [-0.39, 0.29) is 0 Å². The van der Waals surface area contributed by atoms with E-state index < -0.39 is 0 Å². The zero-order valence-corrected chi connectivity index (χ0v) is 4.87. The van der Waals surface area contributed by atoms with Crippen LogP contribution in [0.1, 0.15) is 0 Å². The lowest BCUT2D eigenvalue weighted by Gasteiger charge is -2.10. The Balaban J connectivity index is 2.31. The van der Waals surface area contributed by atoms with E-state index in [0.717, 1.165) is 0 Å². The predicted octanol–water partition coefficient (Wildman–Crippen LogP) is -0.744. The average Bonchev–Trinajstić information content (AvgIpc) is 2.33. The maximum Gasteiger partial charge on any atom is 0.198 e. The minimum atomic E-state index is 0.672. The lowest BCUT2D eigenvalue weighted by molar-refractivity contribution is -0.696. The molecule has 0 radical (unpaired) electrons. The van der Waals surface area contributed by atoms with Gasteiger partial charge in [0, 0.05) is 0 Å². The zero-order chi connectivity index (χ0) is 6.10. The molecule has 2 aliphatic heterocycles. The molecular formula is C6H7N2O+. The third kappa shape index (κ3) is 0.658. The Labute approximate surface area is 52.9 Å². The summed E-state index contributed by atoms with van der Waals surface area (Å²) in [5.74, 6) is 0. The lowest BCUT2D eigenvalue weighted by Crippen LogP contribution is -3.04. The highest BCUT2D eigenvalue weighted by molar-refractivity contribution is 5.50. The normalized spacial score (nSPS) is 29.3. The van der Waals surface area contributed by atoms with Crippen LogP contribution in [0.15, 0.2) is 29.4 Å². The largest absolute Gasteiger partial charge is 0.485 e. The highest BCUT2D eigenvalue weighted by atomic mass is 16.5. The maximum atomic E-state index is 5.03. The summed E-state index contributed by atoms with van der Waals surface area (Å²) in [4.78, 5) is 5.15. The SMILES string of the molecule is C1=C[NH+]2C=NC=C2CO1. The van der Waals surface area contributed by atoms with E-state index in [1.165, 1.54) is 10.6 Å². The number of nitrogens with one attached hydrogen (secondary N) is 1. The Bertz CT molecular complexity index is 205. The fraction of sp³-hybridized carbons (Fsp3) is 0.167. The maximum absolute atomic E-state index is 5.03. The number of rotatable bonds is 0. The van der Waals surface area contributed by atoms with Crippen molar-refractivity contribution in [2.24, 2.45) is 4.99 Å². The van der Waals surface area contributed by atoms with Gasteiger partial charge < -0.3 is 4.74 Å². The van der Waals surface area contributed by atoms with E-state index in [2.05, 4.69) is 4.99 Å². The van der Waals surface area contributed by atoms with Crippen LogP contribution in [0.25, 0.3) is 0 Å². The molecule has 2 aliphatic rings. The Morgan fingerprint density at radius 1 is 1.67 bits per heavy atom. The van der Waals surface area contributed by atoms with Crippen LogP contribution in [0.3, 0.4) is 0 Å². The second-order valence-electron chi connectivity index (χ2n) is 2.00. The number of fused-ring (bicyclic) bond motifs is 1. The van der Waals surface area contributed by atoms with Crippen LogP contribution in [-0.4, -0.2) is 12.9 Å². The first-order chi connectivity index (χ1) is 4.47. The predicted molar refractivity (Wildman–Crippen MR) is 32.6 cm³/mol. The van der Waals surface area contributed by atoms with Crippen molar-refractivity contribution >= 4 is 6.34 Å². The third-order valence-electron chi connectivity index (χ3n) is 1.40. The average molecular weight is 123 g/mol. The molecule has 0 saturated carbocycles. The molecule has 0 saturated heterocycles. The van der Waals surface area contributed by atoms with Crippen LogP contribution < -0.4 is 4.90 Å². The molecule has 0 aliphatic carbocycles. The third-order valence-corrected chi connectivity index (χ3v) is 1.40. The first kappa shape index (κ1) is 4.76. The highest BCUT2D eigenvalue weighted by Gasteiger charge is 2.18. The molecule has 46 valence electrons. The van der Waals surface area contributed by atoms with E-state index in [9.17, 15) is 0 Å². The molecular weight excluding hydrogens is 116 g/mol. The summed E-state index contributed by atoms with van der Waals surface area (Å²) in [6.07, 6.45) is 7.29. The molecule has 3 heteroatoms. The summed E-state index contributed by atoms with van der Waals surface area (Å²) in [6, 6.07) is 0. The van der Waals surface area contributed by atoms with Gasteiger partial charge in [-0.25, -0.2) is 9.89 Å². The van der Waals surface area contributed by atoms with Gasteiger partial charge in [0.1, 0.15) is 12.5 Å². The van der Waals surface area contributed by atoms with Gasteiger partial charge in [0.05, 0.1) is 6.20 Å². The van der Waals surface area contributed by atoms with Crippen molar-refractivity contribution in [3.05, 3.63) is 24.4 Å². The summed E-state index contributed by atoms with van der Waals surface area (Å²) in [6.45, 7) is 0.672. The second-order valence-corrected chi connectivity index (χ2v) is 2.00. The summed E-state index contributed by atoms with van der Waals surface area (Å²) >= 11 is 0. The molecule has 2 heterocycles. The standard InChI is InChI=1S/C6H6N2O/c1-2-9-4-6-3-7-5-8(1)6/h1-3,5H,4H2/p+1. The van der Waals surface area contributed by atoms with Gasteiger partial charge in [0.15, 0.2) is 18.6 Å². The van der Waals surface area contributed by atoms with Gasteiger partial charge >= 0.3 is 0 Å². The van der Waals surface area contributed by atoms with Crippen molar-refractivity contribution in [1.82, 2.24) is 0 Å². The molecule has 0 aromatic rings. The molecule has 0 aromatic heterocycles. The molecule has 1 N–H and O–H groups in total. The minimum Gasteiger partial charge on any atom is -0.485 e. The Morgan fingerprint density at radius 2 is 2.67 bits per heavy atom. The number of hydrogen-bond donors (Lipinski definition) is 1. The van der Waals surface area contributed by atoms with Crippen LogP contribution in [-0.2, 0) is 4.74 Å². The quantitative estimate of drug-likeness (QED) is 0.451. The lowest BCUT2D eigenvalue weighted by atomic mass is 10.4. The topological polar surface area (TPSA) is 26.0 Å². The van der Waals surface area contributed by atoms with Crippen LogP contribution in [0.2, 0.25) is 0 Å². The van der Waals surface area contributed by atoms with Crippen LogP contribution in [0, 0.1) is 0 Å². The first-order valence-corrected chi connectivity index (χ1v) is 2.84. The van der Waals surface area contributed by atoms with Gasteiger partial charge in [-0.3, -0.25) is 0 Å². The van der Waals surface area contributed by atoms with Crippen molar-refractivity contribution in [2.75, 3.05) is 6.61 Å². The smallest absolute Gasteiger partial charge is 0.198 e. The minimum absolute atomic E-state index is 0.672. The van der Waals surface area contributed by atoms with Gasteiger partial charge in [-0.15, -0.1) is 0 Å². The Kier molecular flexibility index (Phi) is 0.899. The van der Waals surface area contributed by atoms with Gasteiger partial charge in [0.2, 0.25) is 0 Å². The number of quaternary nitrogens is 1. The van der Waals surface area contributed by atoms with Gasteiger partial charge in [-0.05, 0) is 0 Å². The molecule has 0 spiro atoms. The van der Waals surface area contributed by atoms with E-state index in [0.29, 0.717) is 6.61 Å². The number of ether oxygens (including phenoxy) is 1.